The molecule has 0 unspecified atom stereocenters. The van der Waals surface area contributed by atoms with Gasteiger partial charge in [-0.3, -0.25) is 4.79 Å². The van der Waals surface area contributed by atoms with Crippen molar-refractivity contribution in [3.05, 3.63) is 63.6 Å². The van der Waals surface area contributed by atoms with Crippen LogP contribution >= 0.6 is 23.2 Å². The van der Waals surface area contributed by atoms with Crippen molar-refractivity contribution in [1.29, 1.82) is 0 Å². The van der Waals surface area contributed by atoms with Crippen LogP contribution in [0.4, 0.5) is 0 Å². The van der Waals surface area contributed by atoms with Crippen molar-refractivity contribution in [2.45, 2.75) is 58.3 Å². The highest BCUT2D eigenvalue weighted by Crippen LogP contribution is 2.29. The summed E-state index contributed by atoms with van der Waals surface area (Å²) in [7, 11) is 0. The summed E-state index contributed by atoms with van der Waals surface area (Å²) < 4.78 is 5.82. The van der Waals surface area contributed by atoms with E-state index in [1.165, 1.54) is 50.7 Å². The molecule has 0 spiro atoms. The van der Waals surface area contributed by atoms with Crippen molar-refractivity contribution in [3.63, 3.8) is 0 Å². The molecule has 2 rings (SSSR count). The quantitative estimate of drug-likeness (QED) is 0.191. The van der Waals surface area contributed by atoms with Gasteiger partial charge in [0.25, 0.3) is 0 Å². The number of hydrogen-bond acceptors (Lipinski definition) is 3. The normalized spacial score (nSPS) is 11.2. The maximum Gasteiger partial charge on any atom is 0.193 e. The average molecular weight is 449 g/mol. The van der Waals surface area contributed by atoms with E-state index >= 15 is 0 Å². The number of halogens is 2. The highest BCUT2D eigenvalue weighted by molar-refractivity contribution is 6.42. The molecule has 2 aromatic carbocycles. The van der Waals surface area contributed by atoms with Gasteiger partial charge in [0, 0.05) is 0 Å². The van der Waals surface area contributed by atoms with E-state index < -0.39 is 0 Å². The summed E-state index contributed by atoms with van der Waals surface area (Å²) >= 11 is 11.9. The Morgan fingerprint density at radius 3 is 2.37 bits per heavy atom. The molecule has 30 heavy (non-hydrogen) atoms. The van der Waals surface area contributed by atoms with Crippen LogP contribution in [0.1, 0.15) is 74.2 Å². The SMILES string of the molecule is CCCCCCCCCCOc1cccc(O)c1C(=O)/C=C/c1ccc(Cl)c(Cl)c1. The second-order valence-electron chi connectivity index (χ2n) is 7.34. The maximum absolute atomic E-state index is 12.7. The molecule has 0 aliphatic heterocycles. The number of phenolic OH excluding ortho intramolecular Hbond substituents is 1. The zero-order valence-corrected chi connectivity index (χ0v) is 19.0. The van der Waals surface area contributed by atoms with Crippen LogP contribution in [0.15, 0.2) is 42.5 Å². The highest BCUT2D eigenvalue weighted by Gasteiger charge is 2.15. The Hall–Kier alpha value is -1.97. The lowest BCUT2D eigenvalue weighted by atomic mass is 10.1. The first-order chi connectivity index (χ1) is 14.5. The van der Waals surface area contributed by atoms with E-state index in [1.807, 2.05) is 0 Å². The van der Waals surface area contributed by atoms with E-state index in [0.717, 1.165) is 18.4 Å². The van der Waals surface area contributed by atoms with Gasteiger partial charge in [-0.25, -0.2) is 0 Å². The van der Waals surface area contributed by atoms with Crippen molar-refractivity contribution >= 4 is 35.1 Å². The van der Waals surface area contributed by atoms with Crippen LogP contribution in [-0.4, -0.2) is 17.5 Å². The lowest BCUT2D eigenvalue weighted by molar-refractivity contribution is 0.104. The van der Waals surface area contributed by atoms with Crippen LogP contribution < -0.4 is 4.74 Å². The largest absolute Gasteiger partial charge is 0.507 e. The van der Waals surface area contributed by atoms with Crippen LogP contribution in [0.2, 0.25) is 10.0 Å². The third-order valence-corrected chi connectivity index (χ3v) is 5.62. The number of ether oxygens (including phenoxy) is 1. The molecule has 5 heteroatoms. The molecule has 0 saturated carbocycles. The second kappa shape index (κ2) is 13.4. The first kappa shape index (κ1) is 24.3. The van der Waals surface area contributed by atoms with E-state index in [0.29, 0.717) is 22.4 Å². The second-order valence-corrected chi connectivity index (χ2v) is 8.16. The Morgan fingerprint density at radius 1 is 0.967 bits per heavy atom. The molecule has 0 aromatic heterocycles. The van der Waals surface area contributed by atoms with E-state index in [4.69, 9.17) is 27.9 Å². The number of carbonyl (C=O) groups is 1. The fourth-order valence-electron chi connectivity index (χ4n) is 3.18. The molecule has 0 bridgehead atoms. The van der Waals surface area contributed by atoms with Crippen LogP contribution in [0.5, 0.6) is 11.5 Å². The standard InChI is InChI=1S/C25H30Cl2O3/c1-2-3-4-5-6-7-8-9-17-30-24-12-10-11-22(28)25(24)23(29)16-14-19-13-15-20(26)21(27)18-19/h10-16,18,28H,2-9,17H2,1H3/b16-14+. The molecule has 0 aliphatic rings. The first-order valence-corrected chi connectivity index (χ1v) is 11.4. The number of ketones is 1. The molecule has 0 radical (unpaired) electrons. The molecule has 0 fully saturated rings. The van der Waals surface area contributed by atoms with Crippen molar-refractivity contribution < 1.29 is 14.6 Å². The van der Waals surface area contributed by atoms with Crippen molar-refractivity contribution in [2.24, 2.45) is 0 Å². The van der Waals surface area contributed by atoms with Gasteiger partial charge in [-0.05, 0) is 42.3 Å². The number of carbonyl (C=O) groups excluding carboxylic acids is 1. The Bertz CT molecular complexity index is 846. The molecular weight excluding hydrogens is 419 g/mol. The third-order valence-electron chi connectivity index (χ3n) is 4.88. The average Bonchev–Trinajstić information content (AvgIpc) is 2.73. The predicted octanol–water partition coefficient (Wildman–Crippen LogP) is 8.11. The zero-order valence-electron chi connectivity index (χ0n) is 17.5. The van der Waals surface area contributed by atoms with Crippen LogP contribution in [-0.2, 0) is 0 Å². The summed E-state index contributed by atoms with van der Waals surface area (Å²) in [5.74, 6) is -0.0148. The van der Waals surface area contributed by atoms with Gasteiger partial charge in [0.2, 0.25) is 0 Å². The van der Waals surface area contributed by atoms with Gasteiger partial charge >= 0.3 is 0 Å². The number of rotatable bonds is 13. The van der Waals surface area contributed by atoms with Crippen LogP contribution in [0.25, 0.3) is 6.08 Å². The number of allylic oxidation sites excluding steroid dienone is 1. The summed E-state index contributed by atoms with van der Waals surface area (Å²) in [6, 6.07) is 10.00. The Labute approximate surface area is 189 Å². The zero-order chi connectivity index (χ0) is 21.8. The monoisotopic (exact) mass is 448 g/mol. The fourth-order valence-corrected chi connectivity index (χ4v) is 3.48. The molecule has 1 N–H and O–H groups in total. The van der Waals surface area contributed by atoms with Crippen molar-refractivity contribution in [3.8, 4) is 11.5 Å². The van der Waals surface area contributed by atoms with Gasteiger partial charge in [-0.2, -0.15) is 0 Å². The predicted molar refractivity (Wildman–Crippen MR) is 126 cm³/mol. The Kier molecular flexibility index (Phi) is 10.8. The summed E-state index contributed by atoms with van der Waals surface area (Å²) in [6.45, 7) is 2.75. The van der Waals surface area contributed by atoms with Crippen molar-refractivity contribution in [2.75, 3.05) is 6.61 Å². The topological polar surface area (TPSA) is 46.5 Å². The molecule has 0 aliphatic carbocycles. The van der Waals surface area contributed by atoms with Gasteiger partial charge in [0.05, 0.1) is 16.7 Å². The molecule has 0 saturated heterocycles. The molecule has 0 amide bonds. The lowest BCUT2D eigenvalue weighted by Crippen LogP contribution is -2.04. The first-order valence-electron chi connectivity index (χ1n) is 10.6. The van der Waals surface area contributed by atoms with Crippen LogP contribution in [0, 0.1) is 0 Å². The summed E-state index contributed by atoms with van der Waals surface area (Å²) in [6.07, 6.45) is 12.7. The van der Waals surface area contributed by atoms with E-state index in [1.54, 1.807) is 36.4 Å². The van der Waals surface area contributed by atoms with Gasteiger partial charge < -0.3 is 9.84 Å². The molecule has 162 valence electrons. The van der Waals surface area contributed by atoms with E-state index in [-0.39, 0.29) is 17.1 Å². The third kappa shape index (κ3) is 8.04. The Morgan fingerprint density at radius 2 is 1.67 bits per heavy atom. The molecular formula is C25H30Cl2O3. The van der Waals surface area contributed by atoms with E-state index in [9.17, 15) is 9.90 Å². The number of hydrogen-bond donors (Lipinski definition) is 1. The smallest absolute Gasteiger partial charge is 0.193 e. The molecule has 2 aromatic rings. The highest BCUT2D eigenvalue weighted by atomic mass is 35.5. The molecule has 0 atom stereocenters. The van der Waals surface area contributed by atoms with Gasteiger partial charge in [0.15, 0.2) is 5.78 Å². The van der Waals surface area contributed by atoms with E-state index in [2.05, 4.69) is 6.92 Å². The lowest BCUT2D eigenvalue weighted by Gasteiger charge is -2.11. The summed E-state index contributed by atoms with van der Waals surface area (Å²) in [4.78, 5) is 12.7. The molecule has 3 nitrogen and oxygen atoms in total. The number of aromatic hydroxyl groups is 1. The minimum absolute atomic E-state index is 0.0905. The summed E-state index contributed by atoms with van der Waals surface area (Å²) in [5, 5.41) is 11.1. The van der Waals surface area contributed by atoms with Crippen LogP contribution in [0.3, 0.4) is 0 Å². The Balaban J connectivity index is 1.89. The maximum atomic E-state index is 12.7. The minimum atomic E-state index is -0.329. The molecule has 0 heterocycles. The fraction of sp³-hybridized carbons (Fsp3) is 0.400. The van der Waals surface area contributed by atoms with Gasteiger partial charge in [-0.15, -0.1) is 0 Å². The van der Waals surface area contributed by atoms with Gasteiger partial charge in [0.1, 0.15) is 17.1 Å². The number of benzene rings is 2. The van der Waals surface area contributed by atoms with Crippen molar-refractivity contribution in [1.82, 2.24) is 0 Å². The number of unbranched alkanes of at least 4 members (excludes halogenated alkanes) is 7. The number of phenols is 1. The minimum Gasteiger partial charge on any atom is -0.507 e. The van der Waals surface area contributed by atoms with Gasteiger partial charge in [-0.1, -0.05) is 93.3 Å². The summed E-state index contributed by atoms with van der Waals surface area (Å²) in [5.41, 5.74) is 0.919.